The second-order valence-electron chi connectivity index (χ2n) is 7.03. The van der Waals surface area contributed by atoms with Crippen molar-refractivity contribution in [1.82, 2.24) is 18.8 Å². The van der Waals surface area contributed by atoms with Crippen molar-refractivity contribution in [2.45, 2.75) is 17.2 Å². The van der Waals surface area contributed by atoms with Crippen molar-refractivity contribution in [3.63, 3.8) is 0 Å². The number of benzene rings is 1. The van der Waals surface area contributed by atoms with Gasteiger partial charge in [0.15, 0.2) is 0 Å². The molecule has 7 nitrogen and oxygen atoms in total. The quantitative estimate of drug-likeness (QED) is 0.608. The number of nitrogens with zero attached hydrogens (tertiary/aromatic N) is 4. The molecule has 0 amide bonds. The number of hydrogen-bond acceptors (Lipinski definition) is 6. The van der Waals surface area contributed by atoms with Crippen LogP contribution in [0.1, 0.15) is 18.8 Å². The average molecular weight is 453 g/mol. The summed E-state index contributed by atoms with van der Waals surface area (Å²) in [5.41, 5.74) is 0.599. The molecule has 1 saturated heterocycles. The molecule has 29 heavy (non-hydrogen) atoms. The zero-order valence-corrected chi connectivity index (χ0v) is 18.5. The summed E-state index contributed by atoms with van der Waals surface area (Å²) in [4.78, 5) is 19.5. The third kappa shape index (κ3) is 3.73. The van der Waals surface area contributed by atoms with E-state index in [4.69, 9.17) is 16.6 Å². The second-order valence-corrected chi connectivity index (χ2v) is 10.9. The summed E-state index contributed by atoms with van der Waals surface area (Å²) in [6.45, 7) is 3.87. The molecule has 1 fully saturated rings. The summed E-state index contributed by atoms with van der Waals surface area (Å²) >= 11 is 6.97. The van der Waals surface area contributed by atoms with E-state index in [0.717, 1.165) is 11.3 Å². The van der Waals surface area contributed by atoms with Gasteiger partial charge in [-0.15, -0.1) is 11.3 Å². The molecule has 3 heterocycles. The van der Waals surface area contributed by atoms with Crippen LogP contribution in [0.4, 0.5) is 0 Å². The molecule has 0 aliphatic carbocycles. The Bertz CT molecular complexity index is 1210. The van der Waals surface area contributed by atoms with Crippen molar-refractivity contribution < 1.29 is 8.42 Å². The van der Waals surface area contributed by atoms with Crippen LogP contribution in [0, 0.1) is 0 Å². The van der Waals surface area contributed by atoms with E-state index in [2.05, 4.69) is 4.90 Å². The molecule has 3 aromatic rings. The van der Waals surface area contributed by atoms with Crippen LogP contribution in [-0.2, 0) is 17.1 Å². The molecule has 0 bridgehead atoms. The fraction of sp³-hybridized carbons (Fsp3) is 0.368. The predicted molar refractivity (Wildman–Crippen MR) is 115 cm³/mol. The van der Waals surface area contributed by atoms with E-state index >= 15 is 0 Å². The van der Waals surface area contributed by atoms with Crippen molar-refractivity contribution >= 4 is 43.9 Å². The number of thiophene rings is 1. The minimum atomic E-state index is -3.53. The van der Waals surface area contributed by atoms with E-state index in [0.29, 0.717) is 47.2 Å². The third-order valence-corrected chi connectivity index (χ3v) is 8.95. The standard InChI is InChI=1S/C19H21ClN4O3S2/c1-13(18-21-15-6-4-3-5-14(15)19(25)22(18)2)23-9-11-24(12-10-23)29(26,27)17-8-7-16(20)28-17/h3-8,13H,9-12H2,1-2H3. The Morgan fingerprint density at radius 3 is 2.45 bits per heavy atom. The van der Waals surface area contributed by atoms with Crippen LogP contribution in [0.5, 0.6) is 0 Å². The van der Waals surface area contributed by atoms with Crippen LogP contribution >= 0.6 is 22.9 Å². The van der Waals surface area contributed by atoms with Crippen LogP contribution in [0.25, 0.3) is 10.9 Å². The van der Waals surface area contributed by atoms with E-state index in [1.807, 2.05) is 25.1 Å². The second kappa shape index (κ2) is 7.81. The molecule has 1 atom stereocenters. The van der Waals surface area contributed by atoms with Crippen LogP contribution in [-0.4, -0.2) is 53.4 Å². The van der Waals surface area contributed by atoms with Crippen molar-refractivity contribution in [1.29, 1.82) is 0 Å². The molecular formula is C19H21ClN4O3S2. The van der Waals surface area contributed by atoms with Gasteiger partial charge in [-0.1, -0.05) is 23.7 Å². The average Bonchev–Trinajstić information content (AvgIpc) is 3.17. The summed E-state index contributed by atoms with van der Waals surface area (Å²) in [5.74, 6) is 0.676. The van der Waals surface area contributed by atoms with Gasteiger partial charge in [0.05, 0.1) is 21.3 Å². The first kappa shape index (κ1) is 20.5. The molecule has 0 saturated carbocycles. The normalized spacial score (nSPS) is 17.6. The number of fused-ring (bicyclic) bond motifs is 1. The number of hydrogen-bond donors (Lipinski definition) is 0. The number of piperazine rings is 1. The molecule has 10 heteroatoms. The number of para-hydroxylation sites is 1. The fourth-order valence-corrected chi connectivity index (χ4v) is 6.73. The highest BCUT2D eigenvalue weighted by Crippen LogP contribution is 2.29. The Morgan fingerprint density at radius 2 is 1.79 bits per heavy atom. The molecular weight excluding hydrogens is 432 g/mol. The number of aromatic nitrogens is 2. The first-order valence-corrected chi connectivity index (χ1v) is 11.9. The van der Waals surface area contributed by atoms with Gasteiger partial charge in [0.1, 0.15) is 10.0 Å². The topological polar surface area (TPSA) is 75.5 Å². The lowest BCUT2D eigenvalue weighted by Gasteiger charge is -2.37. The van der Waals surface area contributed by atoms with Gasteiger partial charge in [-0.2, -0.15) is 4.31 Å². The van der Waals surface area contributed by atoms with Gasteiger partial charge in [0.25, 0.3) is 15.6 Å². The highest BCUT2D eigenvalue weighted by atomic mass is 35.5. The fourth-order valence-electron chi connectivity index (χ4n) is 3.67. The minimum absolute atomic E-state index is 0.0757. The number of rotatable bonds is 4. The summed E-state index contributed by atoms with van der Waals surface area (Å²) in [7, 11) is -1.80. The Hall–Kier alpha value is -1.78. The Morgan fingerprint density at radius 1 is 1.10 bits per heavy atom. The smallest absolute Gasteiger partial charge is 0.261 e. The molecule has 1 unspecified atom stereocenters. The lowest BCUT2D eigenvalue weighted by Crippen LogP contribution is -2.49. The highest BCUT2D eigenvalue weighted by Gasteiger charge is 2.32. The van der Waals surface area contributed by atoms with Crippen LogP contribution in [0.15, 0.2) is 45.4 Å². The van der Waals surface area contributed by atoms with Crippen LogP contribution in [0.3, 0.4) is 0 Å². The molecule has 1 aromatic carbocycles. The predicted octanol–water partition coefficient (Wildman–Crippen LogP) is 2.72. The first-order valence-electron chi connectivity index (χ1n) is 9.24. The molecule has 0 spiro atoms. The van der Waals surface area contributed by atoms with E-state index in [1.54, 1.807) is 29.8 Å². The van der Waals surface area contributed by atoms with Gasteiger partial charge in [-0.25, -0.2) is 13.4 Å². The van der Waals surface area contributed by atoms with Gasteiger partial charge in [0, 0.05) is 33.2 Å². The first-order chi connectivity index (χ1) is 13.8. The molecule has 2 aromatic heterocycles. The van der Waals surface area contributed by atoms with Crippen molar-refractivity contribution in [3.8, 4) is 0 Å². The maximum absolute atomic E-state index is 12.8. The lowest BCUT2D eigenvalue weighted by molar-refractivity contribution is 0.139. The highest BCUT2D eigenvalue weighted by molar-refractivity contribution is 7.91. The van der Waals surface area contributed by atoms with Gasteiger partial charge in [-0.05, 0) is 31.2 Å². The summed E-state index contributed by atoms with van der Waals surface area (Å²) in [6, 6.07) is 10.3. The zero-order chi connectivity index (χ0) is 20.8. The van der Waals surface area contributed by atoms with Crippen molar-refractivity contribution in [3.05, 3.63) is 56.9 Å². The summed E-state index contributed by atoms with van der Waals surface area (Å²) < 4.78 is 29.4. The van der Waals surface area contributed by atoms with Crippen LogP contribution in [0.2, 0.25) is 4.34 Å². The SMILES string of the molecule is CC(c1nc2ccccc2c(=O)n1C)N1CCN(S(=O)(=O)c2ccc(Cl)s2)CC1. The largest absolute Gasteiger partial charge is 0.298 e. The molecule has 1 aliphatic heterocycles. The van der Waals surface area contributed by atoms with Gasteiger partial charge >= 0.3 is 0 Å². The molecule has 4 rings (SSSR count). The monoisotopic (exact) mass is 452 g/mol. The van der Waals surface area contributed by atoms with Crippen LogP contribution < -0.4 is 5.56 Å². The van der Waals surface area contributed by atoms with Gasteiger partial charge in [0.2, 0.25) is 0 Å². The molecule has 0 radical (unpaired) electrons. The Balaban J connectivity index is 1.54. The van der Waals surface area contributed by atoms with E-state index < -0.39 is 10.0 Å². The summed E-state index contributed by atoms with van der Waals surface area (Å²) in [6.07, 6.45) is 0. The minimum Gasteiger partial charge on any atom is -0.298 e. The van der Waals surface area contributed by atoms with Crippen molar-refractivity contribution in [2.24, 2.45) is 7.05 Å². The third-order valence-electron chi connectivity index (χ3n) is 5.36. The Kier molecular flexibility index (Phi) is 5.52. The van der Waals surface area contributed by atoms with Gasteiger partial charge < -0.3 is 0 Å². The van der Waals surface area contributed by atoms with Gasteiger partial charge in [-0.3, -0.25) is 14.3 Å². The number of sulfonamides is 1. The van der Waals surface area contributed by atoms with E-state index in [1.165, 1.54) is 4.31 Å². The van der Waals surface area contributed by atoms with E-state index in [9.17, 15) is 13.2 Å². The van der Waals surface area contributed by atoms with Crippen molar-refractivity contribution in [2.75, 3.05) is 26.2 Å². The van der Waals surface area contributed by atoms with E-state index in [-0.39, 0.29) is 15.8 Å². The molecule has 1 aliphatic rings. The summed E-state index contributed by atoms with van der Waals surface area (Å²) in [5, 5.41) is 0.594. The maximum Gasteiger partial charge on any atom is 0.261 e. The Labute approximate surface area is 178 Å². The molecule has 0 N–H and O–H groups in total. The number of halogens is 1. The lowest BCUT2D eigenvalue weighted by atomic mass is 10.2. The molecule has 154 valence electrons. The maximum atomic E-state index is 12.8. The zero-order valence-electron chi connectivity index (χ0n) is 16.1.